The van der Waals surface area contributed by atoms with Crippen molar-refractivity contribution in [1.82, 2.24) is 35.1 Å². The van der Waals surface area contributed by atoms with E-state index in [0.29, 0.717) is 16.9 Å². The molecule has 5 heterocycles. The highest BCUT2D eigenvalue weighted by Crippen LogP contribution is 2.26. The zero-order valence-corrected chi connectivity index (χ0v) is 16.8. The lowest BCUT2D eigenvalue weighted by molar-refractivity contribution is 0.102. The number of piperazine rings is 1. The van der Waals surface area contributed by atoms with Gasteiger partial charge in [-0.3, -0.25) is 4.79 Å². The molecule has 1 aliphatic rings. The van der Waals surface area contributed by atoms with E-state index in [1.54, 1.807) is 23.0 Å². The molecule has 1 amide bonds. The number of anilines is 2. The van der Waals surface area contributed by atoms with Gasteiger partial charge in [-0.15, -0.1) is 10.2 Å². The number of rotatable bonds is 3. The van der Waals surface area contributed by atoms with Crippen LogP contribution in [0.2, 0.25) is 0 Å². The quantitative estimate of drug-likeness (QED) is 0.527. The van der Waals surface area contributed by atoms with Crippen LogP contribution >= 0.6 is 0 Å². The van der Waals surface area contributed by atoms with E-state index in [1.807, 2.05) is 26.1 Å². The Morgan fingerprint density at radius 2 is 2.07 bits per heavy atom. The summed E-state index contributed by atoms with van der Waals surface area (Å²) in [7, 11) is 0. The second kappa shape index (κ2) is 7.30. The SMILES string of the molecule is Cc1cn2nc(NC(=O)c3cnc(N4CCNCC4)c4ccnnc34)cc(C)c2n1. The van der Waals surface area contributed by atoms with E-state index in [9.17, 15) is 4.79 Å². The number of carbonyl (C=O) groups is 1. The third-order valence-electron chi connectivity index (χ3n) is 5.17. The van der Waals surface area contributed by atoms with Crippen molar-refractivity contribution >= 4 is 34.1 Å². The van der Waals surface area contributed by atoms with Crippen LogP contribution in [0.4, 0.5) is 11.6 Å². The van der Waals surface area contributed by atoms with Crippen LogP contribution in [0.3, 0.4) is 0 Å². The van der Waals surface area contributed by atoms with Crippen molar-refractivity contribution < 1.29 is 4.79 Å². The summed E-state index contributed by atoms with van der Waals surface area (Å²) in [4.78, 5) is 24.3. The van der Waals surface area contributed by atoms with Gasteiger partial charge in [0, 0.05) is 37.8 Å². The van der Waals surface area contributed by atoms with Crippen LogP contribution in [-0.4, -0.2) is 61.9 Å². The molecule has 0 bridgehead atoms. The lowest BCUT2D eigenvalue weighted by atomic mass is 10.1. The highest BCUT2D eigenvalue weighted by Gasteiger charge is 2.20. The topological polar surface area (TPSA) is 113 Å². The van der Waals surface area contributed by atoms with Gasteiger partial charge in [-0.2, -0.15) is 5.10 Å². The first-order valence-electron chi connectivity index (χ1n) is 9.81. The maximum absolute atomic E-state index is 13.1. The lowest BCUT2D eigenvalue weighted by Crippen LogP contribution is -2.44. The van der Waals surface area contributed by atoms with Crippen LogP contribution in [0.15, 0.2) is 30.7 Å². The molecule has 1 saturated heterocycles. The highest BCUT2D eigenvalue weighted by molar-refractivity contribution is 6.12. The summed E-state index contributed by atoms with van der Waals surface area (Å²) in [6.07, 6.45) is 5.01. The molecular weight excluding hydrogens is 382 g/mol. The van der Waals surface area contributed by atoms with Crippen molar-refractivity contribution in [2.75, 3.05) is 36.4 Å². The first-order valence-corrected chi connectivity index (χ1v) is 9.81. The van der Waals surface area contributed by atoms with Gasteiger partial charge in [-0.25, -0.2) is 14.5 Å². The van der Waals surface area contributed by atoms with E-state index in [4.69, 9.17) is 0 Å². The summed E-state index contributed by atoms with van der Waals surface area (Å²) in [6, 6.07) is 3.66. The lowest BCUT2D eigenvalue weighted by Gasteiger charge is -2.29. The van der Waals surface area contributed by atoms with Crippen LogP contribution in [0.1, 0.15) is 21.6 Å². The fourth-order valence-electron chi connectivity index (χ4n) is 3.75. The predicted octanol–water partition coefficient (Wildman–Crippen LogP) is 1.35. The largest absolute Gasteiger partial charge is 0.354 e. The summed E-state index contributed by atoms with van der Waals surface area (Å²) in [5, 5.41) is 19.7. The number of amides is 1. The van der Waals surface area contributed by atoms with E-state index in [1.165, 1.54) is 0 Å². The molecule has 10 heteroatoms. The average molecular weight is 403 g/mol. The number of pyridine rings is 1. The molecule has 1 aliphatic heterocycles. The minimum atomic E-state index is -0.331. The summed E-state index contributed by atoms with van der Waals surface area (Å²) in [5.74, 6) is 0.927. The van der Waals surface area contributed by atoms with Crippen molar-refractivity contribution in [3.63, 3.8) is 0 Å². The highest BCUT2D eigenvalue weighted by atomic mass is 16.1. The van der Waals surface area contributed by atoms with Crippen LogP contribution in [-0.2, 0) is 0 Å². The smallest absolute Gasteiger partial charge is 0.260 e. The number of carbonyl (C=O) groups excluding carboxylic acids is 1. The summed E-state index contributed by atoms with van der Waals surface area (Å²) in [6.45, 7) is 7.33. The first kappa shape index (κ1) is 18.4. The van der Waals surface area contributed by atoms with Crippen molar-refractivity contribution in [3.8, 4) is 0 Å². The first-order chi connectivity index (χ1) is 14.6. The summed E-state index contributed by atoms with van der Waals surface area (Å²) in [5.41, 5.74) is 3.44. The average Bonchev–Trinajstić information content (AvgIpc) is 3.14. The number of hydrogen-bond acceptors (Lipinski definition) is 8. The molecule has 4 aromatic rings. The molecule has 0 aliphatic carbocycles. The maximum Gasteiger partial charge on any atom is 0.260 e. The third-order valence-corrected chi connectivity index (χ3v) is 5.17. The Kier molecular flexibility index (Phi) is 4.47. The Bertz CT molecular complexity index is 1260. The molecule has 1 fully saturated rings. The molecule has 0 radical (unpaired) electrons. The zero-order valence-electron chi connectivity index (χ0n) is 16.8. The second-order valence-corrected chi connectivity index (χ2v) is 7.34. The van der Waals surface area contributed by atoms with Gasteiger partial charge in [-0.05, 0) is 31.5 Å². The van der Waals surface area contributed by atoms with E-state index in [0.717, 1.165) is 54.3 Å². The molecule has 10 nitrogen and oxygen atoms in total. The molecule has 152 valence electrons. The molecule has 0 atom stereocenters. The molecule has 0 saturated carbocycles. The Morgan fingerprint density at radius 3 is 2.90 bits per heavy atom. The van der Waals surface area contributed by atoms with Gasteiger partial charge in [0.2, 0.25) is 0 Å². The molecule has 30 heavy (non-hydrogen) atoms. The fourth-order valence-corrected chi connectivity index (χ4v) is 3.75. The van der Waals surface area contributed by atoms with Crippen LogP contribution in [0.5, 0.6) is 0 Å². The van der Waals surface area contributed by atoms with Gasteiger partial charge in [0.25, 0.3) is 5.91 Å². The van der Waals surface area contributed by atoms with Crippen LogP contribution in [0.25, 0.3) is 16.6 Å². The van der Waals surface area contributed by atoms with Crippen molar-refractivity contribution in [1.29, 1.82) is 0 Å². The van der Waals surface area contributed by atoms with Gasteiger partial charge in [0.15, 0.2) is 11.5 Å². The number of aromatic nitrogens is 6. The Morgan fingerprint density at radius 1 is 1.23 bits per heavy atom. The van der Waals surface area contributed by atoms with E-state index < -0.39 is 0 Å². The molecular formula is C20H21N9O. The number of nitrogens with one attached hydrogen (secondary N) is 2. The predicted molar refractivity (Wildman–Crippen MR) is 113 cm³/mol. The number of fused-ring (bicyclic) bond motifs is 2. The van der Waals surface area contributed by atoms with E-state index in [-0.39, 0.29) is 5.91 Å². The van der Waals surface area contributed by atoms with Gasteiger partial charge in [0.05, 0.1) is 23.7 Å². The molecule has 5 rings (SSSR count). The molecule has 0 spiro atoms. The Labute approximate surface area is 172 Å². The number of aryl methyl sites for hydroxylation is 2. The van der Waals surface area contributed by atoms with Gasteiger partial charge >= 0.3 is 0 Å². The van der Waals surface area contributed by atoms with Crippen molar-refractivity contribution in [3.05, 3.63) is 47.5 Å². The minimum Gasteiger partial charge on any atom is -0.354 e. The number of nitrogens with zero attached hydrogens (tertiary/aromatic N) is 7. The monoisotopic (exact) mass is 403 g/mol. The second-order valence-electron chi connectivity index (χ2n) is 7.34. The normalized spacial score (nSPS) is 14.4. The third kappa shape index (κ3) is 3.20. The molecule has 2 N–H and O–H groups in total. The van der Waals surface area contributed by atoms with E-state index in [2.05, 4.69) is 40.8 Å². The Hall–Kier alpha value is -3.66. The summed E-state index contributed by atoms with van der Waals surface area (Å²) < 4.78 is 1.67. The van der Waals surface area contributed by atoms with Crippen LogP contribution < -0.4 is 15.5 Å². The minimum absolute atomic E-state index is 0.331. The summed E-state index contributed by atoms with van der Waals surface area (Å²) >= 11 is 0. The fraction of sp³-hybridized carbons (Fsp3) is 0.300. The molecule has 0 aromatic carbocycles. The maximum atomic E-state index is 13.1. The number of imidazole rings is 1. The van der Waals surface area contributed by atoms with E-state index >= 15 is 0 Å². The number of hydrogen-bond donors (Lipinski definition) is 2. The van der Waals surface area contributed by atoms with Crippen molar-refractivity contribution in [2.45, 2.75) is 13.8 Å². The van der Waals surface area contributed by atoms with Crippen molar-refractivity contribution in [2.24, 2.45) is 0 Å². The molecule has 0 unspecified atom stereocenters. The van der Waals surface area contributed by atoms with Gasteiger partial charge < -0.3 is 15.5 Å². The molecule has 4 aromatic heterocycles. The van der Waals surface area contributed by atoms with Gasteiger partial charge in [0.1, 0.15) is 11.3 Å². The Balaban J connectivity index is 1.51. The van der Waals surface area contributed by atoms with Gasteiger partial charge in [-0.1, -0.05) is 0 Å². The zero-order chi connectivity index (χ0) is 20.7. The standard InChI is InChI=1S/C20H21N9O/c1-12-9-16(27-29-11-13(2)24-18(12)29)25-20(30)15-10-22-19(28-7-5-21-6-8-28)14-3-4-23-26-17(14)15/h3-4,9-11,21H,5-8H2,1-2H3,(H,25,27,30). The van der Waals surface area contributed by atoms with Crippen LogP contribution in [0, 0.1) is 13.8 Å².